The summed E-state index contributed by atoms with van der Waals surface area (Å²) in [5, 5.41) is 3.63. The molecule has 4 aromatic rings. The van der Waals surface area contributed by atoms with Crippen molar-refractivity contribution in [3.05, 3.63) is 96.1 Å². The van der Waals surface area contributed by atoms with E-state index < -0.39 is 5.54 Å². The predicted octanol–water partition coefficient (Wildman–Crippen LogP) is 6.35. The van der Waals surface area contributed by atoms with Gasteiger partial charge in [0.25, 0.3) is 0 Å². The van der Waals surface area contributed by atoms with Gasteiger partial charge in [-0.15, -0.1) is 0 Å². The van der Waals surface area contributed by atoms with Crippen LogP contribution in [-0.4, -0.2) is 47.4 Å². The van der Waals surface area contributed by atoms with Crippen LogP contribution in [0.2, 0.25) is 0 Å². The summed E-state index contributed by atoms with van der Waals surface area (Å²) in [6, 6.07) is 27.9. The molecule has 1 aromatic heterocycles. The number of urea groups is 1. The van der Waals surface area contributed by atoms with Gasteiger partial charge in [0.05, 0.1) is 15.8 Å². The van der Waals surface area contributed by atoms with E-state index in [1.807, 2.05) is 65.6 Å². The first kappa shape index (κ1) is 25.4. The third kappa shape index (κ3) is 5.26. The highest BCUT2D eigenvalue weighted by molar-refractivity contribution is 7.22. The SMILES string of the molecule is CCC(c1ccccc1)(c1ccccc1)N(CCCC(=O)N(C)C)C(=O)Nc1nc2ccccc2s1. The largest absolute Gasteiger partial charge is 0.349 e. The van der Waals surface area contributed by atoms with Crippen molar-refractivity contribution in [1.29, 1.82) is 0 Å². The van der Waals surface area contributed by atoms with Crippen LogP contribution in [0.5, 0.6) is 0 Å². The van der Waals surface area contributed by atoms with Crippen LogP contribution in [0, 0.1) is 0 Å². The molecular formula is C29H32N4O2S. The van der Waals surface area contributed by atoms with Crippen molar-refractivity contribution >= 4 is 38.6 Å². The Labute approximate surface area is 216 Å². The molecular weight excluding hydrogens is 468 g/mol. The predicted molar refractivity (Wildman–Crippen MR) is 147 cm³/mol. The monoisotopic (exact) mass is 500 g/mol. The smallest absolute Gasteiger partial charge is 0.324 e. The number of amides is 3. The van der Waals surface area contributed by atoms with Gasteiger partial charge in [0.2, 0.25) is 5.91 Å². The van der Waals surface area contributed by atoms with Crippen LogP contribution in [0.3, 0.4) is 0 Å². The molecule has 0 aliphatic rings. The second-order valence-corrected chi connectivity index (χ2v) is 9.94. The molecule has 0 saturated heterocycles. The minimum Gasteiger partial charge on any atom is -0.349 e. The molecule has 186 valence electrons. The Kier molecular flexibility index (Phi) is 8.00. The van der Waals surface area contributed by atoms with Gasteiger partial charge < -0.3 is 9.80 Å². The lowest BCUT2D eigenvalue weighted by molar-refractivity contribution is -0.128. The quantitative estimate of drug-likeness (QED) is 0.291. The standard InChI is InChI=1S/C29H32N4O2S/c1-4-29(22-14-7-5-8-15-22,23-16-9-6-10-17-23)33(21-13-20-26(34)32(2)3)28(35)31-27-30-24-18-11-12-19-25(24)36-27/h5-12,14-19H,4,13,20-21H2,1-3H3,(H,30,31,35). The lowest BCUT2D eigenvalue weighted by Crippen LogP contribution is -2.52. The van der Waals surface area contributed by atoms with Crippen molar-refractivity contribution in [3.8, 4) is 0 Å². The molecule has 0 aliphatic carbocycles. The fourth-order valence-corrected chi connectivity index (χ4v) is 5.52. The first-order valence-electron chi connectivity index (χ1n) is 12.2. The van der Waals surface area contributed by atoms with E-state index in [-0.39, 0.29) is 11.9 Å². The number of fused-ring (bicyclic) bond motifs is 1. The van der Waals surface area contributed by atoms with Crippen molar-refractivity contribution in [2.45, 2.75) is 31.7 Å². The van der Waals surface area contributed by atoms with Crippen molar-refractivity contribution in [3.63, 3.8) is 0 Å². The van der Waals surface area contributed by atoms with Gasteiger partial charge in [-0.3, -0.25) is 10.1 Å². The molecule has 7 heteroatoms. The third-order valence-corrected chi connectivity index (χ3v) is 7.45. The van der Waals surface area contributed by atoms with Gasteiger partial charge in [0, 0.05) is 27.1 Å². The average molecular weight is 501 g/mol. The normalized spacial score (nSPS) is 11.3. The Morgan fingerprint density at radius 3 is 2.03 bits per heavy atom. The molecule has 3 amide bonds. The lowest BCUT2D eigenvalue weighted by atomic mass is 9.79. The van der Waals surface area contributed by atoms with Crippen LogP contribution in [0.4, 0.5) is 9.93 Å². The fraction of sp³-hybridized carbons (Fsp3) is 0.276. The van der Waals surface area contributed by atoms with E-state index in [4.69, 9.17) is 0 Å². The van der Waals surface area contributed by atoms with Gasteiger partial charge in [-0.05, 0) is 36.1 Å². The number of anilines is 1. The van der Waals surface area contributed by atoms with Crippen molar-refractivity contribution < 1.29 is 9.59 Å². The zero-order chi connectivity index (χ0) is 25.5. The summed E-state index contributed by atoms with van der Waals surface area (Å²) in [7, 11) is 3.51. The molecule has 36 heavy (non-hydrogen) atoms. The van der Waals surface area contributed by atoms with E-state index in [9.17, 15) is 9.59 Å². The van der Waals surface area contributed by atoms with Gasteiger partial charge in [-0.1, -0.05) is 91.1 Å². The second-order valence-electron chi connectivity index (χ2n) is 8.91. The Hall–Kier alpha value is -3.71. The van der Waals surface area contributed by atoms with Crippen LogP contribution in [0.1, 0.15) is 37.3 Å². The van der Waals surface area contributed by atoms with Crippen molar-refractivity contribution in [1.82, 2.24) is 14.8 Å². The molecule has 0 bridgehead atoms. The maximum atomic E-state index is 14.0. The van der Waals surface area contributed by atoms with Gasteiger partial charge in [-0.2, -0.15) is 0 Å². The number of nitrogens with zero attached hydrogens (tertiary/aromatic N) is 3. The van der Waals surface area contributed by atoms with Gasteiger partial charge in [-0.25, -0.2) is 9.78 Å². The fourth-order valence-electron chi connectivity index (χ4n) is 4.67. The van der Waals surface area contributed by atoms with E-state index in [1.54, 1.807) is 19.0 Å². The van der Waals surface area contributed by atoms with Gasteiger partial charge in [0.1, 0.15) is 0 Å². The summed E-state index contributed by atoms with van der Waals surface area (Å²) >= 11 is 1.46. The first-order chi connectivity index (χ1) is 17.5. The number of hydrogen-bond acceptors (Lipinski definition) is 4. The van der Waals surface area contributed by atoms with Crippen LogP contribution < -0.4 is 5.32 Å². The van der Waals surface area contributed by atoms with Crippen molar-refractivity contribution in [2.24, 2.45) is 0 Å². The Bertz CT molecular complexity index is 1230. The molecule has 0 fully saturated rings. The van der Waals surface area contributed by atoms with Crippen LogP contribution in [-0.2, 0) is 10.3 Å². The summed E-state index contributed by atoms with van der Waals surface area (Å²) in [4.78, 5) is 34.5. The second kappa shape index (κ2) is 11.4. The summed E-state index contributed by atoms with van der Waals surface area (Å²) < 4.78 is 1.02. The van der Waals surface area contributed by atoms with Crippen LogP contribution >= 0.6 is 11.3 Å². The molecule has 1 heterocycles. The summed E-state index contributed by atoms with van der Waals surface area (Å²) in [5.41, 5.74) is 2.19. The number of benzene rings is 3. The topological polar surface area (TPSA) is 65.5 Å². The minimum absolute atomic E-state index is 0.0445. The van der Waals surface area contributed by atoms with E-state index >= 15 is 0 Å². The van der Waals surface area contributed by atoms with E-state index in [2.05, 4.69) is 41.5 Å². The zero-order valence-electron chi connectivity index (χ0n) is 21.0. The molecule has 0 atom stereocenters. The molecule has 0 spiro atoms. The first-order valence-corrected chi connectivity index (χ1v) is 13.0. The molecule has 0 unspecified atom stereocenters. The number of thiazole rings is 1. The maximum Gasteiger partial charge on any atom is 0.324 e. The third-order valence-electron chi connectivity index (χ3n) is 6.50. The molecule has 4 rings (SSSR count). The summed E-state index contributed by atoms with van der Waals surface area (Å²) in [6.45, 7) is 2.51. The number of carbonyl (C=O) groups excluding carboxylic acids is 2. The minimum atomic E-state index is -0.718. The number of hydrogen-bond donors (Lipinski definition) is 1. The lowest BCUT2D eigenvalue weighted by Gasteiger charge is -2.44. The highest BCUT2D eigenvalue weighted by atomic mass is 32.1. The molecule has 1 N–H and O–H groups in total. The number of nitrogens with one attached hydrogen (secondary N) is 1. The summed E-state index contributed by atoms with van der Waals surface area (Å²) in [6.07, 6.45) is 1.57. The highest BCUT2D eigenvalue weighted by Crippen LogP contribution is 2.40. The average Bonchev–Trinajstić information content (AvgIpc) is 3.31. The maximum absolute atomic E-state index is 14.0. The zero-order valence-corrected chi connectivity index (χ0v) is 21.8. The Morgan fingerprint density at radius 1 is 0.889 bits per heavy atom. The van der Waals surface area contributed by atoms with Gasteiger partial charge in [0.15, 0.2) is 5.13 Å². The Morgan fingerprint density at radius 2 is 1.47 bits per heavy atom. The highest BCUT2D eigenvalue weighted by Gasteiger charge is 2.41. The molecule has 0 saturated carbocycles. The number of rotatable bonds is 9. The van der Waals surface area contributed by atoms with Crippen LogP contribution in [0.25, 0.3) is 10.2 Å². The van der Waals surface area contributed by atoms with Crippen LogP contribution in [0.15, 0.2) is 84.9 Å². The van der Waals surface area contributed by atoms with E-state index in [0.29, 0.717) is 30.9 Å². The number of aromatic nitrogens is 1. The molecule has 0 aliphatic heterocycles. The Balaban J connectivity index is 1.76. The molecule has 6 nitrogen and oxygen atoms in total. The van der Waals surface area contributed by atoms with Crippen molar-refractivity contribution in [2.75, 3.05) is 26.0 Å². The van der Waals surface area contributed by atoms with E-state index in [0.717, 1.165) is 21.3 Å². The molecule has 0 radical (unpaired) electrons. The van der Waals surface area contributed by atoms with E-state index in [1.165, 1.54) is 11.3 Å². The number of para-hydroxylation sites is 1. The summed E-state index contributed by atoms with van der Waals surface area (Å²) in [5.74, 6) is 0.0445. The van der Waals surface area contributed by atoms with Gasteiger partial charge >= 0.3 is 6.03 Å². The number of carbonyl (C=O) groups is 2. The molecule has 3 aromatic carbocycles.